The summed E-state index contributed by atoms with van der Waals surface area (Å²) < 4.78 is 1.99. The zero-order valence-corrected chi connectivity index (χ0v) is 13.8. The number of hydrogen-bond donors (Lipinski definition) is 2. The van der Waals surface area contributed by atoms with E-state index in [1.54, 1.807) is 24.3 Å². The number of hydrazone groups is 1. The highest BCUT2D eigenvalue weighted by atomic mass is 16.3. The van der Waals surface area contributed by atoms with Crippen molar-refractivity contribution in [2.75, 3.05) is 5.43 Å². The van der Waals surface area contributed by atoms with Gasteiger partial charge in [0.05, 0.1) is 11.2 Å². The highest BCUT2D eigenvalue weighted by Crippen LogP contribution is 2.24. The summed E-state index contributed by atoms with van der Waals surface area (Å²) in [7, 11) is 1.95. The van der Waals surface area contributed by atoms with Crippen molar-refractivity contribution in [2.45, 2.75) is 6.92 Å². The third kappa shape index (κ3) is 2.65. The van der Waals surface area contributed by atoms with Gasteiger partial charge in [0, 0.05) is 12.4 Å². The van der Waals surface area contributed by atoms with E-state index < -0.39 is 0 Å². The molecule has 2 aromatic heterocycles. The van der Waals surface area contributed by atoms with Gasteiger partial charge in [-0.1, -0.05) is 18.2 Å². The van der Waals surface area contributed by atoms with Gasteiger partial charge in [-0.15, -0.1) is 10.2 Å². The van der Waals surface area contributed by atoms with Crippen molar-refractivity contribution in [3.8, 4) is 5.75 Å². The third-order valence-corrected chi connectivity index (χ3v) is 4.12. The largest absolute Gasteiger partial charge is 0.508 e. The van der Waals surface area contributed by atoms with Crippen molar-refractivity contribution in [3.05, 3.63) is 54.1 Å². The molecule has 2 heterocycles. The van der Waals surface area contributed by atoms with E-state index in [1.807, 2.05) is 42.8 Å². The van der Waals surface area contributed by atoms with Crippen molar-refractivity contribution in [2.24, 2.45) is 12.1 Å². The number of phenols is 1. The summed E-state index contributed by atoms with van der Waals surface area (Å²) in [6, 6.07) is 14.8. The van der Waals surface area contributed by atoms with Crippen LogP contribution in [0.25, 0.3) is 22.1 Å². The van der Waals surface area contributed by atoms with Gasteiger partial charge in [0.2, 0.25) is 0 Å². The number of anilines is 1. The maximum Gasteiger partial charge on any atom is 0.265 e. The van der Waals surface area contributed by atoms with Crippen molar-refractivity contribution in [1.82, 2.24) is 19.7 Å². The molecule has 0 atom stereocenters. The lowest BCUT2D eigenvalue weighted by Gasteiger charge is -2.03. The molecule has 7 heteroatoms. The standard InChI is InChI=1S/C18H16N6O/c1-11(12-7-9-13(25)10-8-12)20-22-18-19-17-16(21-23-18)14-5-3-4-6-15(14)24(17)2/h3-10,25H,1-2H3,(H,19,22,23)/b20-11+. The molecule has 4 rings (SSSR count). The quantitative estimate of drug-likeness (QED) is 0.445. The van der Waals surface area contributed by atoms with E-state index in [2.05, 4.69) is 25.7 Å². The van der Waals surface area contributed by atoms with Gasteiger partial charge in [-0.3, -0.25) is 0 Å². The van der Waals surface area contributed by atoms with Gasteiger partial charge >= 0.3 is 0 Å². The zero-order chi connectivity index (χ0) is 17.4. The Kier molecular flexibility index (Phi) is 3.53. The van der Waals surface area contributed by atoms with Crippen molar-refractivity contribution >= 4 is 33.7 Å². The molecule has 0 fully saturated rings. The number of phenolic OH excluding ortho intramolecular Hbond substituents is 1. The van der Waals surface area contributed by atoms with Crippen LogP contribution < -0.4 is 5.43 Å². The molecule has 2 aromatic carbocycles. The predicted octanol–water partition coefficient (Wildman–Crippen LogP) is 3.06. The Labute approximate surface area is 143 Å². The Hall–Kier alpha value is -3.48. The Morgan fingerprint density at radius 1 is 1.08 bits per heavy atom. The summed E-state index contributed by atoms with van der Waals surface area (Å²) in [6.07, 6.45) is 0. The number of aromatic hydroxyl groups is 1. The van der Waals surface area contributed by atoms with Gasteiger partial charge in [-0.2, -0.15) is 10.1 Å². The second-order valence-corrected chi connectivity index (χ2v) is 5.74. The van der Waals surface area contributed by atoms with Gasteiger partial charge in [0.25, 0.3) is 5.95 Å². The molecule has 7 nitrogen and oxygen atoms in total. The van der Waals surface area contributed by atoms with Gasteiger partial charge in [0.1, 0.15) is 11.3 Å². The lowest BCUT2D eigenvalue weighted by atomic mass is 10.1. The second kappa shape index (κ2) is 5.86. The van der Waals surface area contributed by atoms with Gasteiger partial charge in [-0.25, -0.2) is 5.43 Å². The lowest BCUT2D eigenvalue weighted by molar-refractivity contribution is 0.475. The van der Waals surface area contributed by atoms with Crippen LogP contribution in [0.3, 0.4) is 0 Å². The van der Waals surface area contributed by atoms with E-state index in [0.717, 1.165) is 33.3 Å². The average molecular weight is 332 g/mol. The summed E-state index contributed by atoms with van der Waals surface area (Å²) in [6.45, 7) is 1.86. The smallest absolute Gasteiger partial charge is 0.265 e. The maximum atomic E-state index is 9.35. The monoisotopic (exact) mass is 332 g/mol. The zero-order valence-electron chi connectivity index (χ0n) is 13.8. The number of nitrogens with zero attached hydrogens (tertiary/aromatic N) is 5. The molecule has 25 heavy (non-hydrogen) atoms. The molecule has 0 amide bonds. The number of aryl methyl sites for hydroxylation is 1. The minimum atomic E-state index is 0.221. The van der Waals surface area contributed by atoms with Gasteiger partial charge < -0.3 is 9.67 Å². The first-order chi connectivity index (χ1) is 12.1. The number of aromatic nitrogens is 4. The van der Waals surface area contributed by atoms with Crippen LogP contribution in [0.1, 0.15) is 12.5 Å². The van der Waals surface area contributed by atoms with Crippen LogP contribution >= 0.6 is 0 Å². The number of nitrogens with one attached hydrogen (secondary N) is 1. The summed E-state index contributed by atoms with van der Waals surface area (Å²) in [5.41, 5.74) is 7.06. The van der Waals surface area contributed by atoms with E-state index in [1.165, 1.54) is 0 Å². The topological polar surface area (TPSA) is 88.2 Å². The minimum Gasteiger partial charge on any atom is -0.508 e. The van der Waals surface area contributed by atoms with Crippen LogP contribution in [0.15, 0.2) is 53.6 Å². The molecular formula is C18H16N6O. The number of para-hydroxylation sites is 1. The molecule has 0 spiro atoms. The van der Waals surface area contributed by atoms with Gasteiger partial charge in [-0.05, 0) is 42.8 Å². The summed E-state index contributed by atoms with van der Waals surface area (Å²) in [5, 5.41) is 23.1. The Bertz CT molecular complexity index is 1100. The molecule has 0 saturated carbocycles. The predicted molar refractivity (Wildman–Crippen MR) is 97.8 cm³/mol. The van der Waals surface area contributed by atoms with Gasteiger partial charge in [0.15, 0.2) is 5.65 Å². The first-order valence-corrected chi connectivity index (χ1v) is 7.81. The summed E-state index contributed by atoms with van der Waals surface area (Å²) in [5.74, 6) is 0.551. The highest BCUT2D eigenvalue weighted by Gasteiger charge is 2.11. The SMILES string of the molecule is C/C(=N\Nc1nnc2c3ccccc3n(C)c2n1)c1ccc(O)cc1. The molecule has 2 N–H and O–H groups in total. The van der Waals surface area contributed by atoms with E-state index in [4.69, 9.17) is 0 Å². The number of benzene rings is 2. The van der Waals surface area contributed by atoms with E-state index in [0.29, 0.717) is 5.95 Å². The first-order valence-electron chi connectivity index (χ1n) is 7.81. The molecule has 0 aliphatic rings. The molecule has 0 saturated heterocycles. The van der Waals surface area contributed by atoms with Crippen LogP contribution in [0.4, 0.5) is 5.95 Å². The third-order valence-electron chi connectivity index (χ3n) is 4.12. The molecule has 0 aliphatic heterocycles. The molecular weight excluding hydrogens is 316 g/mol. The fourth-order valence-corrected chi connectivity index (χ4v) is 2.75. The Balaban J connectivity index is 1.68. The second-order valence-electron chi connectivity index (χ2n) is 5.74. The Morgan fingerprint density at radius 3 is 2.64 bits per heavy atom. The van der Waals surface area contributed by atoms with Crippen molar-refractivity contribution in [1.29, 1.82) is 0 Å². The van der Waals surface area contributed by atoms with Crippen LogP contribution in [0, 0.1) is 0 Å². The van der Waals surface area contributed by atoms with Crippen molar-refractivity contribution < 1.29 is 5.11 Å². The van der Waals surface area contributed by atoms with Crippen molar-refractivity contribution in [3.63, 3.8) is 0 Å². The highest BCUT2D eigenvalue weighted by molar-refractivity contribution is 6.04. The van der Waals surface area contributed by atoms with E-state index in [9.17, 15) is 5.11 Å². The molecule has 0 aliphatic carbocycles. The molecule has 0 unspecified atom stereocenters. The molecule has 124 valence electrons. The Morgan fingerprint density at radius 2 is 1.84 bits per heavy atom. The van der Waals surface area contributed by atoms with E-state index in [-0.39, 0.29) is 5.75 Å². The summed E-state index contributed by atoms with van der Waals surface area (Å²) in [4.78, 5) is 4.52. The first kappa shape index (κ1) is 15.1. The fraction of sp³-hybridized carbons (Fsp3) is 0.111. The fourth-order valence-electron chi connectivity index (χ4n) is 2.75. The minimum absolute atomic E-state index is 0.221. The maximum absolute atomic E-state index is 9.35. The molecule has 0 radical (unpaired) electrons. The lowest BCUT2D eigenvalue weighted by Crippen LogP contribution is -2.04. The van der Waals surface area contributed by atoms with Crippen LogP contribution in [-0.4, -0.2) is 30.6 Å². The number of rotatable bonds is 3. The summed E-state index contributed by atoms with van der Waals surface area (Å²) >= 11 is 0. The number of hydrogen-bond acceptors (Lipinski definition) is 6. The van der Waals surface area contributed by atoms with Crippen LogP contribution in [-0.2, 0) is 7.05 Å². The number of fused-ring (bicyclic) bond motifs is 3. The van der Waals surface area contributed by atoms with E-state index >= 15 is 0 Å². The average Bonchev–Trinajstić information content (AvgIpc) is 2.93. The molecule has 0 bridgehead atoms. The van der Waals surface area contributed by atoms with Crippen LogP contribution in [0.5, 0.6) is 5.75 Å². The normalized spacial score (nSPS) is 12.0. The molecule has 4 aromatic rings. The van der Waals surface area contributed by atoms with Crippen LogP contribution in [0.2, 0.25) is 0 Å².